The first-order valence-corrected chi connectivity index (χ1v) is 10.3. The summed E-state index contributed by atoms with van der Waals surface area (Å²) in [7, 11) is 1.53. The number of aliphatic hydroxyl groups is 2. The summed E-state index contributed by atoms with van der Waals surface area (Å²) in [6.07, 6.45) is 5.21. The Hall–Kier alpha value is -1.31. The zero-order valence-electron chi connectivity index (χ0n) is 16.6. The second-order valence-corrected chi connectivity index (χ2v) is 7.95. The summed E-state index contributed by atoms with van der Waals surface area (Å²) in [5.74, 6) is 0.810. The first kappa shape index (κ1) is 23.7. The average molecular weight is 486 g/mol. The van der Waals surface area contributed by atoms with E-state index in [0.29, 0.717) is 12.2 Å². The summed E-state index contributed by atoms with van der Waals surface area (Å²) >= 11 is 2.08. The summed E-state index contributed by atoms with van der Waals surface area (Å²) in [6, 6.07) is 3.71. The molecular formula is C22H31IO4. The van der Waals surface area contributed by atoms with Gasteiger partial charge >= 0.3 is 0 Å². The molecule has 3 N–H and O–H groups in total. The molecule has 0 aliphatic rings. The number of allylic oxidation sites excluding steroid dienone is 1. The Morgan fingerprint density at radius 3 is 2.52 bits per heavy atom. The third kappa shape index (κ3) is 6.97. The van der Waals surface area contributed by atoms with Gasteiger partial charge in [-0.1, -0.05) is 45.1 Å². The first-order chi connectivity index (χ1) is 12.7. The number of aromatic hydroxyl groups is 1. The van der Waals surface area contributed by atoms with E-state index in [1.54, 1.807) is 12.1 Å². The Morgan fingerprint density at radius 1 is 1.33 bits per heavy atom. The Kier molecular flexibility index (Phi) is 10.1. The smallest absolute Gasteiger partial charge is 0.171 e. The monoisotopic (exact) mass is 486 g/mol. The number of phenols is 1. The summed E-state index contributed by atoms with van der Waals surface area (Å²) < 4.78 is 5.95. The molecule has 0 fully saturated rings. The molecule has 0 spiro atoms. The predicted molar refractivity (Wildman–Crippen MR) is 120 cm³/mol. The third-order valence-electron chi connectivity index (χ3n) is 4.57. The van der Waals surface area contributed by atoms with E-state index in [1.165, 1.54) is 12.7 Å². The molecule has 5 heteroatoms. The standard InChI is InChI=1S/C22H31IO4/c1-6-16(11-17-12-19(23)22(26)21(13-17)27-5)7-8-20(25)18(9-10-24)15(4)14(2)3/h9,11-14,20,24-26H,4,6-8,10H2,1-3,5H3/b16-11+,18-9-. The van der Waals surface area contributed by atoms with Gasteiger partial charge in [0, 0.05) is 0 Å². The topological polar surface area (TPSA) is 69.9 Å². The molecule has 0 radical (unpaired) electrons. The lowest BCUT2D eigenvalue weighted by atomic mass is 9.89. The van der Waals surface area contributed by atoms with Crippen LogP contribution >= 0.6 is 22.6 Å². The van der Waals surface area contributed by atoms with Gasteiger partial charge in [0.2, 0.25) is 0 Å². The van der Waals surface area contributed by atoms with E-state index in [4.69, 9.17) is 4.74 Å². The number of halogens is 1. The highest BCUT2D eigenvalue weighted by atomic mass is 127. The summed E-state index contributed by atoms with van der Waals surface area (Å²) in [6.45, 7) is 10.1. The lowest BCUT2D eigenvalue weighted by Crippen LogP contribution is -2.15. The highest BCUT2D eigenvalue weighted by molar-refractivity contribution is 14.1. The lowest BCUT2D eigenvalue weighted by Gasteiger charge is -2.20. The van der Waals surface area contributed by atoms with Gasteiger partial charge in [-0.2, -0.15) is 0 Å². The third-order valence-corrected chi connectivity index (χ3v) is 5.39. The van der Waals surface area contributed by atoms with E-state index in [-0.39, 0.29) is 18.3 Å². The minimum absolute atomic E-state index is 0.111. The van der Waals surface area contributed by atoms with Gasteiger partial charge in [0.25, 0.3) is 0 Å². The molecule has 1 rings (SSSR count). The Labute approximate surface area is 176 Å². The van der Waals surface area contributed by atoms with E-state index in [1.807, 2.05) is 19.9 Å². The highest BCUT2D eigenvalue weighted by Gasteiger charge is 2.16. The molecule has 0 aliphatic heterocycles. The van der Waals surface area contributed by atoms with Crippen molar-refractivity contribution in [2.45, 2.75) is 46.1 Å². The van der Waals surface area contributed by atoms with Crippen LogP contribution in [0.15, 0.2) is 41.5 Å². The van der Waals surface area contributed by atoms with Crippen LogP contribution in [0.3, 0.4) is 0 Å². The van der Waals surface area contributed by atoms with Gasteiger partial charge in [-0.25, -0.2) is 0 Å². The minimum atomic E-state index is -0.656. The number of rotatable bonds is 10. The van der Waals surface area contributed by atoms with Crippen LogP contribution in [-0.4, -0.2) is 35.1 Å². The van der Waals surface area contributed by atoms with E-state index in [9.17, 15) is 15.3 Å². The number of hydrogen-bond acceptors (Lipinski definition) is 4. The van der Waals surface area contributed by atoms with Gasteiger partial charge in [-0.3, -0.25) is 0 Å². The van der Waals surface area contributed by atoms with Crippen molar-refractivity contribution in [1.82, 2.24) is 0 Å². The van der Waals surface area contributed by atoms with Gasteiger partial charge < -0.3 is 20.1 Å². The average Bonchev–Trinajstić information content (AvgIpc) is 2.64. The fourth-order valence-electron chi connectivity index (χ4n) is 2.81. The molecule has 1 aromatic rings. The summed E-state index contributed by atoms with van der Waals surface area (Å²) in [5, 5.41) is 29.8. The normalized spacial score (nSPS) is 13.8. The lowest BCUT2D eigenvalue weighted by molar-refractivity contribution is 0.199. The maximum atomic E-state index is 10.6. The Balaban J connectivity index is 2.95. The van der Waals surface area contributed by atoms with Crippen LogP contribution in [0.25, 0.3) is 6.08 Å². The molecular weight excluding hydrogens is 455 g/mol. The number of benzene rings is 1. The van der Waals surface area contributed by atoms with Crippen LogP contribution < -0.4 is 4.74 Å². The molecule has 1 atom stereocenters. The molecule has 150 valence electrons. The Morgan fingerprint density at radius 2 is 2.00 bits per heavy atom. The van der Waals surface area contributed by atoms with Crippen LogP contribution in [0, 0.1) is 9.49 Å². The maximum Gasteiger partial charge on any atom is 0.171 e. The zero-order chi connectivity index (χ0) is 20.6. The molecule has 27 heavy (non-hydrogen) atoms. The fraction of sp³-hybridized carbons (Fsp3) is 0.455. The highest BCUT2D eigenvalue weighted by Crippen LogP contribution is 2.33. The van der Waals surface area contributed by atoms with Gasteiger partial charge in [-0.15, -0.1) is 0 Å². The van der Waals surface area contributed by atoms with Crippen molar-refractivity contribution >= 4 is 28.7 Å². The van der Waals surface area contributed by atoms with Crippen LogP contribution in [0.4, 0.5) is 0 Å². The molecule has 0 saturated carbocycles. The van der Waals surface area contributed by atoms with Gasteiger partial charge in [-0.05, 0) is 76.6 Å². The van der Waals surface area contributed by atoms with E-state index < -0.39 is 6.10 Å². The molecule has 0 saturated heterocycles. The SMILES string of the molecule is C=C(/C(=C/CO)C(O)CC/C(=C/c1cc(I)c(O)c(OC)c1)CC)C(C)C. The molecule has 0 aliphatic carbocycles. The number of phenolic OH excluding ortho intramolecular Hbond substituents is 1. The van der Waals surface area contributed by atoms with E-state index >= 15 is 0 Å². The number of aliphatic hydroxyl groups excluding tert-OH is 2. The van der Waals surface area contributed by atoms with Crippen LogP contribution in [-0.2, 0) is 0 Å². The van der Waals surface area contributed by atoms with Crippen molar-refractivity contribution < 1.29 is 20.1 Å². The van der Waals surface area contributed by atoms with Crippen molar-refractivity contribution in [2.24, 2.45) is 5.92 Å². The summed E-state index contributed by atoms with van der Waals surface area (Å²) in [5.41, 5.74) is 3.73. The quantitative estimate of drug-likeness (QED) is 0.319. The van der Waals surface area contributed by atoms with E-state index in [0.717, 1.165) is 33.1 Å². The minimum Gasteiger partial charge on any atom is -0.504 e. The largest absolute Gasteiger partial charge is 0.504 e. The molecule has 1 unspecified atom stereocenters. The van der Waals surface area contributed by atoms with E-state index in [2.05, 4.69) is 42.2 Å². The Bertz CT molecular complexity index is 705. The number of hydrogen-bond donors (Lipinski definition) is 3. The second-order valence-electron chi connectivity index (χ2n) is 6.79. The van der Waals surface area contributed by atoms with Gasteiger partial charge in [0.15, 0.2) is 11.5 Å². The molecule has 0 amide bonds. The maximum absolute atomic E-state index is 10.6. The first-order valence-electron chi connectivity index (χ1n) is 9.19. The molecule has 0 bridgehead atoms. The zero-order valence-corrected chi connectivity index (χ0v) is 18.8. The van der Waals surface area contributed by atoms with Crippen molar-refractivity contribution in [2.75, 3.05) is 13.7 Å². The predicted octanol–water partition coefficient (Wildman–Crippen LogP) is 5.07. The van der Waals surface area contributed by atoms with Gasteiger partial charge in [0.05, 0.1) is 23.4 Å². The molecule has 0 heterocycles. The molecule has 4 nitrogen and oxygen atoms in total. The fourth-order valence-corrected chi connectivity index (χ4v) is 3.44. The molecule has 1 aromatic carbocycles. The van der Waals surface area contributed by atoms with Gasteiger partial charge in [0.1, 0.15) is 0 Å². The second kappa shape index (κ2) is 11.5. The van der Waals surface area contributed by atoms with Crippen LogP contribution in [0.5, 0.6) is 11.5 Å². The van der Waals surface area contributed by atoms with Crippen molar-refractivity contribution in [3.8, 4) is 11.5 Å². The van der Waals surface area contributed by atoms with Crippen molar-refractivity contribution in [1.29, 1.82) is 0 Å². The van der Waals surface area contributed by atoms with Crippen molar-refractivity contribution in [3.05, 3.63) is 50.6 Å². The number of ether oxygens (including phenoxy) is 1. The number of methoxy groups -OCH3 is 1. The van der Waals surface area contributed by atoms with Crippen molar-refractivity contribution in [3.63, 3.8) is 0 Å². The molecule has 0 aromatic heterocycles. The van der Waals surface area contributed by atoms with Crippen LogP contribution in [0.2, 0.25) is 0 Å². The summed E-state index contributed by atoms with van der Waals surface area (Å²) in [4.78, 5) is 0. The van der Waals surface area contributed by atoms with Crippen LogP contribution in [0.1, 0.15) is 45.6 Å².